The predicted octanol–water partition coefficient (Wildman–Crippen LogP) is 4.69. The van der Waals surface area contributed by atoms with Crippen molar-refractivity contribution in [1.82, 2.24) is 5.32 Å². The van der Waals surface area contributed by atoms with Crippen molar-refractivity contribution >= 4 is 15.9 Å². The van der Waals surface area contributed by atoms with Crippen LogP contribution in [0.1, 0.15) is 33.9 Å². The molecule has 0 fully saturated rings. The molecule has 0 radical (unpaired) electrons. The number of rotatable bonds is 4. The van der Waals surface area contributed by atoms with E-state index in [0.717, 1.165) is 15.8 Å². The third-order valence-corrected chi connectivity index (χ3v) is 4.43. The molecule has 2 aromatic rings. The summed E-state index contributed by atoms with van der Waals surface area (Å²) >= 11 is 3.57. The van der Waals surface area contributed by atoms with Crippen LogP contribution in [0.25, 0.3) is 0 Å². The first-order valence-electron chi connectivity index (χ1n) is 7.06. The Morgan fingerprint density at radius 1 is 0.952 bits per heavy atom. The van der Waals surface area contributed by atoms with Crippen molar-refractivity contribution in [3.05, 3.63) is 62.6 Å². The van der Waals surface area contributed by atoms with E-state index in [1.54, 1.807) is 7.11 Å². The highest BCUT2D eigenvalue weighted by Crippen LogP contribution is 2.32. The van der Waals surface area contributed by atoms with Gasteiger partial charge in [-0.3, -0.25) is 0 Å². The lowest BCUT2D eigenvalue weighted by Crippen LogP contribution is -2.20. The molecule has 0 saturated heterocycles. The average Bonchev–Trinajstić information content (AvgIpc) is 2.46. The largest absolute Gasteiger partial charge is 0.496 e. The zero-order valence-electron chi connectivity index (χ0n) is 13.3. The SMILES string of the molecule is CNC(c1cc(Br)ccc1C)c1cc(C)c(OC)cc1C. The normalized spacial score (nSPS) is 12.3. The number of methoxy groups -OCH3 is 1. The van der Waals surface area contributed by atoms with Gasteiger partial charge in [-0.05, 0) is 73.8 Å². The molecule has 0 aliphatic rings. The molecule has 0 heterocycles. The Labute approximate surface area is 135 Å². The Morgan fingerprint density at radius 3 is 2.24 bits per heavy atom. The van der Waals surface area contributed by atoms with E-state index in [4.69, 9.17) is 4.74 Å². The Morgan fingerprint density at radius 2 is 1.62 bits per heavy atom. The van der Waals surface area contributed by atoms with E-state index < -0.39 is 0 Å². The van der Waals surface area contributed by atoms with Gasteiger partial charge in [0, 0.05) is 4.47 Å². The number of nitrogens with one attached hydrogen (secondary N) is 1. The average molecular weight is 348 g/mol. The first-order valence-corrected chi connectivity index (χ1v) is 7.85. The lowest BCUT2D eigenvalue weighted by molar-refractivity contribution is 0.411. The van der Waals surface area contributed by atoms with Crippen molar-refractivity contribution in [2.75, 3.05) is 14.2 Å². The van der Waals surface area contributed by atoms with Crippen LogP contribution >= 0.6 is 15.9 Å². The van der Waals surface area contributed by atoms with Crippen LogP contribution in [-0.2, 0) is 0 Å². The second kappa shape index (κ2) is 6.63. The minimum absolute atomic E-state index is 0.173. The zero-order valence-corrected chi connectivity index (χ0v) is 14.8. The number of hydrogen-bond acceptors (Lipinski definition) is 2. The maximum Gasteiger partial charge on any atom is 0.122 e. The van der Waals surface area contributed by atoms with E-state index in [-0.39, 0.29) is 6.04 Å². The third kappa shape index (κ3) is 3.30. The number of hydrogen-bond donors (Lipinski definition) is 1. The quantitative estimate of drug-likeness (QED) is 0.865. The molecule has 2 rings (SSSR count). The highest BCUT2D eigenvalue weighted by molar-refractivity contribution is 9.10. The monoisotopic (exact) mass is 347 g/mol. The molecule has 0 bridgehead atoms. The van der Waals surface area contributed by atoms with Gasteiger partial charge < -0.3 is 10.1 Å². The highest BCUT2D eigenvalue weighted by Gasteiger charge is 2.18. The Hall–Kier alpha value is -1.32. The van der Waals surface area contributed by atoms with Gasteiger partial charge in [-0.1, -0.05) is 28.1 Å². The van der Waals surface area contributed by atoms with Crippen molar-refractivity contribution in [3.8, 4) is 5.75 Å². The maximum atomic E-state index is 5.41. The van der Waals surface area contributed by atoms with Crippen molar-refractivity contribution in [2.45, 2.75) is 26.8 Å². The van der Waals surface area contributed by atoms with E-state index >= 15 is 0 Å². The summed E-state index contributed by atoms with van der Waals surface area (Å²) in [6.45, 7) is 6.37. The van der Waals surface area contributed by atoms with E-state index in [1.807, 2.05) is 7.05 Å². The fourth-order valence-electron chi connectivity index (χ4n) is 2.74. The van der Waals surface area contributed by atoms with E-state index in [0.29, 0.717) is 0 Å². The molecule has 3 heteroatoms. The van der Waals surface area contributed by atoms with Crippen molar-refractivity contribution in [1.29, 1.82) is 0 Å². The molecule has 0 amide bonds. The van der Waals surface area contributed by atoms with Gasteiger partial charge in [0.05, 0.1) is 13.2 Å². The number of aryl methyl sites for hydroxylation is 3. The summed E-state index contributed by atoms with van der Waals surface area (Å²) in [4.78, 5) is 0. The van der Waals surface area contributed by atoms with Crippen LogP contribution < -0.4 is 10.1 Å². The minimum Gasteiger partial charge on any atom is -0.496 e. The minimum atomic E-state index is 0.173. The lowest BCUT2D eigenvalue weighted by Gasteiger charge is -2.23. The zero-order chi connectivity index (χ0) is 15.6. The third-order valence-electron chi connectivity index (χ3n) is 3.94. The Bertz CT molecular complexity index is 652. The molecule has 2 nitrogen and oxygen atoms in total. The van der Waals surface area contributed by atoms with Crippen LogP contribution in [0.4, 0.5) is 0 Å². The molecule has 1 unspecified atom stereocenters. The second-order valence-corrected chi connectivity index (χ2v) is 6.32. The van der Waals surface area contributed by atoms with Crippen LogP contribution in [-0.4, -0.2) is 14.2 Å². The lowest BCUT2D eigenvalue weighted by atomic mass is 9.91. The van der Waals surface area contributed by atoms with Gasteiger partial charge in [0.1, 0.15) is 5.75 Å². The standard InChI is InChI=1S/C18H22BrNO/c1-11-6-7-14(19)10-16(11)18(20-4)15-8-13(3)17(21-5)9-12(15)2/h6-10,18,20H,1-5H3. The van der Waals surface area contributed by atoms with Gasteiger partial charge in [0.15, 0.2) is 0 Å². The number of benzene rings is 2. The molecule has 0 aliphatic heterocycles. The van der Waals surface area contributed by atoms with Gasteiger partial charge in [0.2, 0.25) is 0 Å². The van der Waals surface area contributed by atoms with Crippen molar-refractivity contribution in [3.63, 3.8) is 0 Å². The van der Waals surface area contributed by atoms with Crippen LogP contribution in [0.3, 0.4) is 0 Å². The molecular weight excluding hydrogens is 326 g/mol. The molecule has 21 heavy (non-hydrogen) atoms. The smallest absolute Gasteiger partial charge is 0.122 e. The summed E-state index contributed by atoms with van der Waals surface area (Å²) in [5.41, 5.74) is 6.25. The topological polar surface area (TPSA) is 21.3 Å². The molecule has 1 N–H and O–H groups in total. The summed E-state index contributed by atoms with van der Waals surface area (Å²) in [7, 11) is 3.72. The molecule has 0 aromatic heterocycles. The summed E-state index contributed by atoms with van der Waals surface area (Å²) in [5.74, 6) is 0.942. The van der Waals surface area contributed by atoms with Crippen LogP contribution in [0.5, 0.6) is 5.75 Å². The first kappa shape index (κ1) is 16.1. The van der Waals surface area contributed by atoms with E-state index in [2.05, 4.69) is 72.3 Å². The van der Waals surface area contributed by atoms with E-state index in [1.165, 1.54) is 22.3 Å². The van der Waals surface area contributed by atoms with Crippen molar-refractivity contribution in [2.24, 2.45) is 0 Å². The van der Waals surface area contributed by atoms with Crippen LogP contribution in [0, 0.1) is 20.8 Å². The van der Waals surface area contributed by atoms with Crippen LogP contribution in [0.2, 0.25) is 0 Å². The van der Waals surface area contributed by atoms with Crippen molar-refractivity contribution < 1.29 is 4.74 Å². The van der Waals surface area contributed by atoms with Gasteiger partial charge in [-0.15, -0.1) is 0 Å². The molecule has 0 spiro atoms. The van der Waals surface area contributed by atoms with Gasteiger partial charge in [-0.2, -0.15) is 0 Å². The summed E-state index contributed by atoms with van der Waals surface area (Å²) < 4.78 is 6.52. The predicted molar refractivity (Wildman–Crippen MR) is 92.2 cm³/mol. The Balaban J connectivity index is 2.56. The number of halogens is 1. The molecule has 0 saturated carbocycles. The highest BCUT2D eigenvalue weighted by atomic mass is 79.9. The summed E-state index contributed by atoms with van der Waals surface area (Å²) in [5, 5.41) is 3.45. The summed E-state index contributed by atoms with van der Waals surface area (Å²) in [6.07, 6.45) is 0. The van der Waals surface area contributed by atoms with Gasteiger partial charge in [-0.25, -0.2) is 0 Å². The molecule has 0 aliphatic carbocycles. The molecule has 1 atom stereocenters. The Kier molecular flexibility index (Phi) is 5.07. The second-order valence-electron chi connectivity index (χ2n) is 5.40. The fraction of sp³-hybridized carbons (Fsp3) is 0.333. The molecule has 2 aromatic carbocycles. The molecular formula is C18H22BrNO. The number of ether oxygens (including phenoxy) is 1. The van der Waals surface area contributed by atoms with Gasteiger partial charge in [0.25, 0.3) is 0 Å². The van der Waals surface area contributed by atoms with Gasteiger partial charge >= 0.3 is 0 Å². The van der Waals surface area contributed by atoms with E-state index in [9.17, 15) is 0 Å². The fourth-order valence-corrected chi connectivity index (χ4v) is 3.12. The summed E-state index contributed by atoms with van der Waals surface area (Å²) in [6, 6.07) is 10.9. The molecule has 112 valence electrons. The maximum absolute atomic E-state index is 5.41. The first-order chi connectivity index (χ1) is 9.97. The van der Waals surface area contributed by atoms with Crippen LogP contribution in [0.15, 0.2) is 34.8 Å².